The lowest BCUT2D eigenvalue weighted by Gasteiger charge is -1.98. The van der Waals surface area contributed by atoms with Gasteiger partial charge < -0.3 is 5.32 Å². The molecule has 0 atom stereocenters. The van der Waals surface area contributed by atoms with Crippen LogP contribution >= 0.6 is 12.4 Å². The number of rotatable bonds is 2. The SMILES string of the molecule is CCNC1=CC(=O)NC1=O.Cl. The molecule has 0 saturated carbocycles. The monoisotopic (exact) mass is 176 g/mol. The molecule has 1 aliphatic heterocycles. The first-order valence-corrected chi connectivity index (χ1v) is 3.05. The zero-order valence-corrected chi connectivity index (χ0v) is 6.83. The first kappa shape index (κ1) is 9.97. The summed E-state index contributed by atoms with van der Waals surface area (Å²) in [5.74, 6) is -0.687. The third-order valence-corrected chi connectivity index (χ3v) is 1.12. The molecule has 2 N–H and O–H groups in total. The second-order valence-corrected chi connectivity index (χ2v) is 1.91. The van der Waals surface area contributed by atoms with Crippen molar-refractivity contribution in [1.82, 2.24) is 10.6 Å². The molecule has 0 aromatic heterocycles. The highest BCUT2D eigenvalue weighted by atomic mass is 35.5. The average Bonchev–Trinajstić information content (AvgIpc) is 2.13. The topological polar surface area (TPSA) is 58.2 Å². The van der Waals surface area contributed by atoms with E-state index in [1.165, 1.54) is 6.08 Å². The molecule has 0 fully saturated rings. The van der Waals surface area contributed by atoms with Gasteiger partial charge in [0, 0.05) is 12.6 Å². The van der Waals surface area contributed by atoms with E-state index in [0.717, 1.165) is 0 Å². The molecule has 2 amide bonds. The number of carbonyl (C=O) groups excluding carboxylic acids is 2. The Hall–Kier alpha value is -1.03. The minimum Gasteiger partial charge on any atom is -0.381 e. The van der Waals surface area contributed by atoms with Gasteiger partial charge in [0.1, 0.15) is 5.70 Å². The van der Waals surface area contributed by atoms with E-state index in [2.05, 4.69) is 10.6 Å². The quantitative estimate of drug-likeness (QED) is 0.561. The molecule has 1 heterocycles. The van der Waals surface area contributed by atoms with Crippen LogP contribution in [0.3, 0.4) is 0 Å². The predicted octanol–water partition coefficient (Wildman–Crippen LogP) is -0.442. The average molecular weight is 177 g/mol. The van der Waals surface area contributed by atoms with Crippen molar-refractivity contribution in [2.45, 2.75) is 6.92 Å². The molecule has 11 heavy (non-hydrogen) atoms. The Labute approximate surface area is 70.4 Å². The molecule has 0 saturated heterocycles. The number of carbonyl (C=O) groups is 2. The minimum atomic E-state index is -0.346. The van der Waals surface area contributed by atoms with Crippen molar-refractivity contribution in [3.8, 4) is 0 Å². The number of likely N-dealkylation sites (N-methyl/N-ethyl adjacent to an activating group) is 1. The Morgan fingerprint density at radius 1 is 1.55 bits per heavy atom. The molecule has 62 valence electrons. The van der Waals surface area contributed by atoms with E-state index in [4.69, 9.17) is 0 Å². The molecule has 0 unspecified atom stereocenters. The van der Waals surface area contributed by atoms with Crippen molar-refractivity contribution in [2.24, 2.45) is 0 Å². The number of hydrogen-bond donors (Lipinski definition) is 2. The van der Waals surface area contributed by atoms with Gasteiger partial charge in [-0.2, -0.15) is 0 Å². The highest BCUT2D eigenvalue weighted by Gasteiger charge is 2.19. The summed E-state index contributed by atoms with van der Waals surface area (Å²) >= 11 is 0. The molecular formula is C6H9ClN2O2. The van der Waals surface area contributed by atoms with Crippen molar-refractivity contribution in [3.05, 3.63) is 11.8 Å². The van der Waals surface area contributed by atoms with Crippen molar-refractivity contribution < 1.29 is 9.59 Å². The van der Waals surface area contributed by atoms with Crippen LogP contribution in [0.5, 0.6) is 0 Å². The maximum Gasteiger partial charge on any atom is 0.274 e. The lowest BCUT2D eigenvalue weighted by molar-refractivity contribution is -0.124. The maximum absolute atomic E-state index is 10.7. The normalized spacial score (nSPS) is 15.2. The summed E-state index contributed by atoms with van der Waals surface area (Å²) in [6.45, 7) is 2.50. The number of hydrogen-bond acceptors (Lipinski definition) is 3. The lowest BCUT2D eigenvalue weighted by atomic mass is 10.4. The summed E-state index contributed by atoms with van der Waals surface area (Å²) in [6, 6.07) is 0. The van der Waals surface area contributed by atoms with Gasteiger partial charge in [0.05, 0.1) is 0 Å². The number of halogens is 1. The van der Waals surface area contributed by atoms with E-state index in [9.17, 15) is 9.59 Å². The van der Waals surface area contributed by atoms with Crippen molar-refractivity contribution in [1.29, 1.82) is 0 Å². The highest BCUT2D eigenvalue weighted by molar-refractivity contribution is 6.15. The van der Waals surface area contributed by atoms with Crippen molar-refractivity contribution in [2.75, 3.05) is 6.54 Å². The van der Waals surface area contributed by atoms with Crippen LogP contribution in [0.2, 0.25) is 0 Å². The van der Waals surface area contributed by atoms with Crippen LogP contribution in [0.1, 0.15) is 6.92 Å². The lowest BCUT2D eigenvalue weighted by Crippen LogP contribution is -2.26. The Morgan fingerprint density at radius 2 is 2.18 bits per heavy atom. The van der Waals surface area contributed by atoms with Crippen LogP contribution < -0.4 is 10.6 Å². The fraction of sp³-hybridized carbons (Fsp3) is 0.333. The zero-order chi connectivity index (χ0) is 7.56. The minimum absolute atomic E-state index is 0. The molecule has 5 heteroatoms. The van der Waals surface area contributed by atoms with Gasteiger partial charge >= 0.3 is 0 Å². The third-order valence-electron chi connectivity index (χ3n) is 1.12. The molecule has 1 rings (SSSR count). The second-order valence-electron chi connectivity index (χ2n) is 1.91. The second kappa shape index (κ2) is 3.98. The predicted molar refractivity (Wildman–Crippen MR) is 42.2 cm³/mol. The van der Waals surface area contributed by atoms with Gasteiger partial charge in [-0.3, -0.25) is 14.9 Å². The molecule has 0 aromatic carbocycles. The van der Waals surface area contributed by atoms with Crippen LogP contribution in [0.25, 0.3) is 0 Å². The van der Waals surface area contributed by atoms with Gasteiger partial charge in [-0.25, -0.2) is 0 Å². The fourth-order valence-electron chi connectivity index (χ4n) is 0.734. The van der Waals surface area contributed by atoms with Gasteiger partial charge in [0.15, 0.2) is 0 Å². The molecular weight excluding hydrogens is 168 g/mol. The first-order chi connectivity index (χ1) is 4.74. The summed E-state index contributed by atoms with van der Waals surface area (Å²) in [6.07, 6.45) is 1.26. The largest absolute Gasteiger partial charge is 0.381 e. The summed E-state index contributed by atoms with van der Waals surface area (Å²) in [5, 5.41) is 4.87. The van der Waals surface area contributed by atoms with Crippen LogP contribution in [0.15, 0.2) is 11.8 Å². The van der Waals surface area contributed by atoms with Crippen molar-refractivity contribution in [3.63, 3.8) is 0 Å². The van der Waals surface area contributed by atoms with E-state index >= 15 is 0 Å². The van der Waals surface area contributed by atoms with E-state index in [1.807, 2.05) is 6.92 Å². The Balaban J connectivity index is 0.000001000. The standard InChI is InChI=1S/C6H8N2O2.ClH/c1-2-7-4-3-5(9)8-6(4)10;/h3H,2H2,1H3,(H2,7,8,9,10);1H. The smallest absolute Gasteiger partial charge is 0.274 e. The van der Waals surface area contributed by atoms with E-state index in [1.54, 1.807) is 0 Å². The Morgan fingerprint density at radius 3 is 2.55 bits per heavy atom. The Bertz CT molecular complexity index is 213. The van der Waals surface area contributed by atoms with E-state index < -0.39 is 0 Å². The number of imide groups is 1. The number of amides is 2. The van der Waals surface area contributed by atoms with Crippen LogP contribution in [0.4, 0.5) is 0 Å². The molecule has 0 spiro atoms. The molecule has 0 aromatic rings. The van der Waals surface area contributed by atoms with Crippen molar-refractivity contribution >= 4 is 24.2 Å². The molecule has 0 bridgehead atoms. The van der Waals surface area contributed by atoms with Crippen LogP contribution in [-0.4, -0.2) is 18.4 Å². The molecule has 0 radical (unpaired) electrons. The molecule has 0 aliphatic carbocycles. The summed E-state index contributed by atoms with van der Waals surface area (Å²) in [4.78, 5) is 21.2. The van der Waals surface area contributed by atoms with E-state index in [0.29, 0.717) is 12.2 Å². The van der Waals surface area contributed by atoms with Crippen LogP contribution in [-0.2, 0) is 9.59 Å². The van der Waals surface area contributed by atoms with Crippen LogP contribution in [0, 0.1) is 0 Å². The summed E-state index contributed by atoms with van der Waals surface area (Å²) < 4.78 is 0. The third kappa shape index (κ3) is 2.23. The van der Waals surface area contributed by atoms with Gasteiger partial charge in [-0.15, -0.1) is 12.4 Å². The van der Waals surface area contributed by atoms with Gasteiger partial charge in [-0.1, -0.05) is 0 Å². The molecule has 1 aliphatic rings. The Kier molecular flexibility index (Phi) is 3.60. The summed E-state index contributed by atoms with van der Waals surface area (Å²) in [7, 11) is 0. The molecule has 4 nitrogen and oxygen atoms in total. The highest BCUT2D eigenvalue weighted by Crippen LogP contribution is 1.95. The summed E-state index contributed by atoms with van der Waals surface area (Å²) in [5.41, 5.74) is 0.354. The van der Waals surface area contributed by atoms with Gasteiger partial charge in [0.2, 0.25) is 0 Å². The maximum atomic E-state index is 10.7. The fourth-order valence-corrected chi connectivity index (χ4v) is 0.734. The first-order valence-electron chi connectivity index (χ1n) is 3.05. The zero-order valence-electron chi connectivity index (χ0n) is 6.01. The van der Waals surface area contributed by atoms with Gasteiger partial charge in [0.25, 0.3) is 11.8 Å². The number of nitrogens with one attached hydrogen (secondary N) is 2. The van der Waals surface area contributed by atoms with E-state index in [-0.39, 0.29) is 24.2 Å². The van der Waals surface area contributed by atoms with Gasteiger partial charge in [-0.05, 0) is 6.92 Å².